The molecule has 0 unspecified atom stereocenters. The van der Waals surface area contributed by atoms with Crippen molar-refractivity contribution in [3.63, 3.8) is 0 Å². The monoisotopic (exact) mass is 241 g/mol. The Labute approximate surface area is 99.5 Å². The van der Waals surface area contributed by atoms with E-state index < -0.39 is 7.72 Å². The molecule has 0 spiro atoms. The normalized spacial score (nSPS) is 11.7. The summed E-state index contributed by atoms with van der Waals surface area (Å²) in [6, 6.07) is 10.3. The molecule has 0 heterocycles. The second-order valence-electron chi connectivity index (χ2n) is 3.85. The third kappa shape index (κ3) is 3.86. The van der Waals surface area contributed by atoms with Gasteiger partial charge < -0.3 is 0 Å². The minimum atomic E-state index is -1.85. The Morgan fingerprint density at radius 2 is 1.44 bits per heavy atom. The van der Waals surface area contributed by atoms with Crippen molar-refractivity contribution in [1.29, 1.82) is 0 Å². The Kier molecular flexibility index (Phi) is 5.97. The molecule has 1 aromatic rings. The van der Waals surface area contributed by atoms with E-state index >= 15 is 0 Å². The first-order valence-corrected chi connectivity index (χ1v) is 8.01. The van der Waals surface area contributed by atoms with Crippen LogP contribution in [0.25, 0.3) is 0 Å². The van der Waals surface area contributed by atoms with E-state index in [1.807, 2.05) is 18.2 Å². The minimum Gasteiger partial charge on any atom is -0.201 e. The van der Waals surface area contributed by atoms with Crippen LogP contribution in [-0.2, 0) is 9.05 Å². The van der Waals surface area contributed by atoms with Crippen molar-refractivity contribution < 1.29 is 9.05 Å². The van der Waals surface area contributed by atoms with E-state index in [2.05, 4.69) is 32.6 Å². The van der Waals surface area contributed by atoms with Gasteiger partial charge in [0.1, 0.15) is 6.66 Å². The number of benzene rings is 1. The molecule has 90 valence electrons. The van der Waals surface area contributed by atoms with Gasteiger partial charge in [-0.3, -0.25) is 0 Å². The summed E-state index contributed by atoms with van der Waals surface area (Å²) < 4.78 is 11.9. The van der Waals surface area contributed by atoms with Crippen LogP contribution in [0.2, 0.25) is 0 Å². The van der Waals surface area contributed by atoms with Crippen LogP contribution in [0.3, 0.4) is 0 Å². The maximum Gasteiger partial charge on any atom is 0.304 e. The van der Waals surface area contributed by atoms with Crippen molar-refractivity contribution in [3.8, 4) is 0 Å². The van der Waals surface area contributed by atoms with E-state index in [0.717, 1.165) is 26.1 Å². The number of hydrogen-bond acceptors (Lipinski definition) is 2. The van der Waals surface area contributed by atoms with Gasteiger partial charge in [-0.2, -0.15) is 0 Å². The van der Waals surface area contributed by atoms with Gasteiger partial charge in [0.2, 0.25) is 0 Å². The van der Waals surface area contributed by atoms with Crippen molar-refractivity contribution in [2.45, 2.75) is 26.7 Å². The molecule has 3 heteroatoms. The maximum absolute atomic E-state index is 5.96. The molecule has 2 nitrogen and oxygen atoms in total. The minimum absolute atomic E-state index is 0.767. The summed E-state index contributed by atoms with van der Waals surface area (Å²) in [5, 5.41) is 1.19. The summed E-state index contributed by atoms with van der Waals surface area (Å²) in [6.07, 6.45) is 2.05. The van der Waals surface area contributed by atoms with E-state index in [1.165, 1.54) is 5.30 Å². The molecule has 0 atom stereocenters. The summed E-state index contributed by atoms with van der Waals surface area (Å²) in [6.45, 7) is 7.88. The molecule has 0 saturated heterocycles. The van der Waals surface area contributed by atoms with E-state index in [9.17, 15) is 0 Å². The van der Waals surface area contributed by atoms with Crippen molar-refractivity contribution in [2.24, 2.45) is 0 Å². The zero-order valence-corrected chi connectivity index (χ0v) is 11.4. The fourth-order valence-electron chi connectivity index (χ4n) is 1.42. The van der Waals surface area contributed by atoms with Gasteiger partial charge in [-0.05, 0) is 25.0 Å². The summed E-state index contributed by atoms with van der Waals surface area (Å²) >= 11 is 0. The SMILES string of the molecule is CCCO[P+](C)(OCCC)c1ccccc1. The van der Waals surface area contributed by atoms with Crippen molar-refractivity contribution >= 4 is 13.0 Å². The van der Waals surface area contributed by atoms with Gasteiger partial charge in [0, 0.05) is 0 Å². The van der Waals surface area contributed by atoms with Crippen LogP contribution in [0, 0.1) is 0 Å². The quantitative estimate of drug-likeness (QED) is 0.678. The van der Waals surface area contributed by atoms with Gasteiger partial charge in [-0.1, -0.05) is 32.0 Å². The molecule has 16 heavy (non-hydrogen) atoms. The summed E-state index contributed by atoms with van der Waals surface area (Å²) in [5.41, 5.74) is 0. The molecule has 0 saturated carbocycles. The van der Waals surface area contributed by atoms with E-state index in [4.69, 9.17) is 9.05 Å². The zero-order valence-electron chi connectivity index (χ0n) is 10.5. The van der Waals surface area contributed by atoms with Crippen molar-refractivity contribution in [1.82, 2.24) is 0 Å². The predicted octanol–water partition coefficient (Wildman–Crippen LogP) is 3.64. The van der Waals surface area contributed by atoms with Crippen LogP contribution < -0.4 is 5.30 Å². The number of rotatable bonds is 7. The lowest BCUT2D eigenvalue weighted by atomic mass is 10.4. The van der Waals surface area contributed by atoms with Crippen LogP contribution in [-0.4, -0.2) is 19.9 Å². The van der Waals surface area contributed by atoms with E-state index in [0.29, 0.717) is 0 Å². The first-order valence-electron chi connectivity index (χ1n) is 5.94. The molecule has 1 rings (SSSR count). The molecule has 0 fully saturated rings. The molecule has 0 radical (unpaired) electrons. The van der Waals surface area contributed by atoms with Gasteiger partial charge in [0.25, 0.3) is 0 Å². The van der Waals surface area contributed by atoms with Crippen LogP contribution in [0.4, 0.5) is 0 Å². The average molecular weight is 241 g/mol. The summed E-state index contributed by atoms with van der Waals surface area (Å²) in [7, 11) is -1.85. The topological polar surface area (TPSA) is 18.5 Å². The Bertz CT molecular complexity index is 279. The second-order valence-corrected chi connectivity index (χ2v) is 6.57. The fourth-order valence-corrected chi connectivity index (χ4v) is 3.56. The van der Waals surface area contributed by atoms with E-state index in [1.54, 1.807) is 0 Å². The largest absolute Gasteiger partial charge is 0.304 e. The van der Waals surface area contributed by atoms with Gasteiger partial charge in [0.15, 0.2) is 5.30 Å². The Balaban J connectivity index is 2.77. The van der Waals surface area contributed by atoms with Gasteiger partial charge >= 0.3 is 7.72 Å². The predicted molar refractivity (Wildman–Crippen MR) is 71.4 cm³/mol. The molecule has 1 aromatic carbocycles. The molecule has 0 N–H and O–H groups in total. The van der Waals surface area contributed by atoms with Gasteiger partial charge in [-0.15, -0.1) is 0 Å². The third-order valence-corrected chi connectivity index (χ3v) is 4.90. The smallest absolute Gasteiger partial charge is 0.201 e. The maximum atomic E-state index is 5.96. The Morgan fingerprint density at radius 3 is 1.88 bits per heavy atom. The lowest BCUT2D eigenvalue weighted by Gasteiger charge is -2.19. The van der Waals surface area contributed by atoms with Gasteiger partial charge in [-0.25, -0.2) is 9.05 Å². The molecule has 0 aliphatic heterocycles. The average Bonchev–Trinajstić information content (AvgIpc) is 2.35. The van der Waals surface area contributed by atoms with Gasteiger partial charge in [0.05, 0.1) is 13.2 Å². The Hall–Kier alpha value is -0.430. The highest BCUT2D eigenvalue weighted by molar-refractivity contribution is 7.73. The zero-order chi connectivity index (χ0) is 11.9. The first kappa shape index (κ1) is 13.6. The number of hydrogen-bond donors (Lipinski definition) is 0. The standard InChI is InChI=1S/C13H22O2P/c1-4-11-14-16(3,15-12-5-2)13-9-7-6-8-10-13/h6-10H,4-5,11-12H2,1-3H3/q+1. The highest BCUT2D eigenvalue weighted by Gasteiger charge is 2.38. The first-order chi connectivity index (χ1) is 7.73. The summed E-state index contributed by atoms with van der Waals surface area (Å²) in [5.74, 6) is 0. The van der Waals surface area contributed by atoms with Crippen LogP contribution in [0.5, 0.6) is 0 Å². The lowest BCUT2D eigenvalue weighted by molar-refractivity contribution is 0.242. The molecular weight excluding hydrogens is 219 g/mol. The molecule has 0 aliphatic rings. The van der Waals surface area contributed by atoms with Crippen molar-refractivity contribution in [3.05, 3.63) is 30.3 Å². The molecule has 0 amide bonds. The third-order valence-electron chi connectivity index (χ3n) is 2.31. The van der Waals surface area contributed by atoms with E-state index in [-0.39, 0.29) is 0 Å². The second kappa shape index (κ2) is 7.01. The van der Waals surface area contributed by atoms with Crippen molar-refractivity contribution in [2.75, 3.05) is 19.9 Å². The van der Waals surface area contributed by atoms with Crippen LogP contribution in [0.15, 0.2) is 30.3 Å². The molecular formula is C13H22O2P+. The molecule has 0 aromatic heterocycles. The summed E-state index contributed by atoms with van der Waals surface area (Å²) in [4.78, 5) is 0. The lowest BCUT2D eigenvalue weighted by Crippen LogP contribution is -2.16. The highest BCUT2D eigenvalue weighted by atomic mass is 31.2. The Morgan fingerprint density at radius 1 is 0.938 bits per heavy atom. The van der Waals surface area contributed by atoms with Crippen LogP contribution in [0.1, 0.15) is 26.7 Å². The fraction of sp³-hybridized carbons (Fsp3) is 0.538. The molecule has 0 aliphatic carbocycles. The molecule has 0 bridgehead atoms. The van der Waals surface area contributed by atoms with Crippen LogP contribution >= 0.6 is 7.72 Å². The highest BCUT2D eigenvalue weighted by Crippen LogP contribution is 2.56.